The number of benzene rings is 2. The van der Waals surface area contributed by atoms with Crippen LogP contribution in [0.25, 0.3) is 28.4 Å². The molecule has 9 rings (SSSR count). The van der Waals surface area contributed by atoms with Crippen LogP contribution in [0.3, 0.4) is 0 Å². The Morgan fingerprint density at radius 1 is 1.06 bits per heavy atom. The summed E-state index contributed by atoms with van der Waals surface area (Å²) in [6, 6.07) is 8.96. The number of ether oxygens (including phenoxy) is 4. The van der Waals surface area contributed by atoms with Crippen LogP contribution in [-0.2, 0) is 49.0 Å². The third kappa shape index (κ3) is 8.40. The molecular weight excluding hydrogens is 863 g/mol. The van der Waals surface area contributed by atoms with E-state index in [1.165, 1.54) is 23.1 Å². The number of carbonyl (C=O) groups excluding carboxylic acids is 1. The molecule has 0 bridgehead atoms. The van der Waals surface area contributed by atoms with Gasteiger partial charge in [0.05, 0.1) is 48.4 Å². The maximum Gasteiger partial charge on any atom is 0.501 e. The highest BCUT2D eigenvalue weighted by atomic mass is 32.3. The van der Waals surface area contributed by atoms with Crippen LogP contribution in [0.4, 0.5) is 0 Å². The van der Waals surface area contributed by atoms with Crippen molar-refractivity contribution in [1.29, 1.82) is 0 Å². The Hall–Kier alpha value is -5.37. The number of amides is 1. The van der Waals surface area contributed by atoms with Gasteiger partial charge in [-0.25, -0.2) is 9.78 Å². The molecule has 3 aliphatic heterocycles. The van der Waals surface area contributed by atoms with E-state index in [0.29, 0.717) is 48.6 Å². The van der Waals surface area contributed by atoms with Crippen molar-refractivity contribution in [3.63, 3.8) is 0 Å². The Morgan fingerprint density at radius 3 is 2.57 bits per heavy atom. The molecule has 65 heavy (non-hydrogen) atoms. The quantitative estimate of drug-likeness (QED) is 0.117. The van der Waals surface area contributed by atoms with Crippen LogP contribution < -0.4 is 18.7 Å². The number of hydrogen-bond donors (Lipinski definition) is 3. The minimum absolute atomic E-state index is 0.0250. The molecule has 5 aliphatic rings. The molecule has 346 valence electrons. The lowest BCUT2D eigenvalue weighted by Crippen LogP contribution is -2.53. The summed E-state index contributed by atoms with van der Waals surface area (Å²) in [7, 11) is -3.42. The van der Waals surface area contributed by atoms with Gasteiger partial charge < -0.3 is 52.1 Å². The zero-order valence-electron chi connectivity index (χ0n) is 36.9. The third-order valence-electron chi connectivity index (χ3n) is 12.9. The van der Waals surface area contributed by atoms with Crippen LogP contribution in [0, 0.1) is 5.41 Å². The fraction of sp³-hybridized carbons (Fsp3) is 0.489. The number of nitrogens with zero attached hydrogens (tertiary/aromatic N) is 3. The monoisotopic (exact) mass is 915 g/mol. The van der Waals surface area contributed by atoms with Gasteiger partial charge in [0.25, 0.3) is 11.5 Å². The van der Waals surface area contributed by atoms with Crippen molar-refractivity contribution in [2.24, 2.45) is 5.41 Å². The molecule has 3 N–H and O–H groups in total. The maximum atomic E-state index is 14.0. The van der Waals surface area contributed by atoms with Gasteiger partial charge in [0.2, 0.25) is 6.29 Å². The summed E-state index contributed by atoms with van der Waals surface area (Å²) in [5.41, 5.74) is 5.25. The number of hydrogen-bond acceptors (Lipinski definition) is 14. The van der Waals surface area contributed by atoms with E-state index >= 15 is 0 Å². The molecule has 18 heteroatoms. The van der Waals surface area contributed by atoms with Crippen LogP contribution in [0.5, 0.6) is 17.2 Å². The first-order valence-corrected chi connectivity index (χ1v) is 23.3. The van der Waals surface area contributed by atoms with Crippen LogP contribution in [0.2, 0.25) is 0 Å². The number of aliphatic hydroxyl groups is 2. The van der Waals surface area contributed by atoms with Gasteiger partial charge >= 0.3 is 16.4 Å². The Bertz CT molecular complexity index is 2800. The first kappa shape index (κ1) is 44.8. The van der Waals surface area contributed by atoms with Crippen molar-refractivity contribution in [3.05, 3.63) is 86.2 Å². The van der Waals surface area contributed by atoms with Gasteiger partial charge in [-0.3, -0.25) is 9.59 Å². The minimum Gasteiger partial charge on any atom is -0.479 e. The van der Waals surface area contributed by atoms with E-state index in [0.717, 1.165) is 59.4 Å². The highest BCUT2D eigenvalue weighted by molar-refractivity contribution is 7.82. The molecule has 0 radical (unpaired) electrons. The number of aliphatic carboxylic acids is 1. The van der Waals surface area contributed by atoms with Crippen molar-refractivity contribution in [3.8, 4) is 28.6 Å². The first-order valence-electron chi connectivity index (χ1n) is 22.0. The van der Waals surface area contributed by atoms with E-state index in [4.69, 9.17) is 32.3 Å². The molecule has 17 nitrogen and oxygen atoms in total. The summed E-state index contributed by atoms with van der Waals surface area (Å²) >= 11 is 0. The third-order valence-corrected chi connectivity index (χ3v) is 13.7. The number of aliphatic hydroxyl groups excluding tert-OH is 2. The van der Waals surface area contributed by atoms with E-state index in [1.54, 1.807) is 17.7 Å². The van der Waals surface area contributed by atoms with E-state index in [1.807, 2.05) is 32.9 Å². The normalized spacial score (nSPS) is 22.5. The average molecular weight is 916 g/mol. The molecular formula is C47H53N3O14S. The van der Waals surface area contributed by atoms with Crippen molar-refractivity contribution in [2.45, 2.75) is 115 Å². The number of fused-ring (bicyclic) bond motifs is 5. The molecule has 5 heterocycles. The molecule has 2 aliphatic carbocycles. The van der Waals surface area contributed by atoms with Gasteiger partial charge in [-0.1, -0.05) is 39.8 Å². The SMILES string of the molecule is CCCOCC(C)(C)CN(C)C(=O)c1ccc(O[C@H]2CC(O)[C@H](O)[C@@H](C(=O)O)O2)c(OS(=O)(=O)Oc2cc3c4c(c5c(nc4c2)-c2cc4c(c(=O)n2C5)COC2(CC2)[C@@H]4CC)C=CC3)c1. The molecule has 5 atom stereocenters. The van der Waals surface area contributed by atoms with Crippen LogP contribution in [0.15, 0.2) is 47.3 Å². The molecule has 2 aromatic carbocycles. The fourth-order valence-electron chi connectivity index (χ4n) is 9.86. The van der Waals surface area contributed by atoms with Crippen LogP contribution in [-0.4, -0.2) is 107 Å². The number of carbonyl (C=O) groups is 2. The van der Waals surface area contributed by atoms with E-state index in [2.05, 4.69) is 13.0 Å². The van der Waals surface area contributed by atoms with E-state index in [9.17, 15) is 38.1 Å². The fourth-order valence-corrected chi connectivity index (χ4v) is 10.6. The predicted octanol–water partition coefficient (Wildman–Crippen LogP) is 5.08. The summed E-state index contributed by atoms with van der Waals surface area (Å²) in [5.74, 6) is -2.84. The zero-order chi connectivity index (χ0) is 46.2. The molecule has 1 saturated carbocycles. The summed E-state index contributed by atoms with van der Waals surface area (Å²) in [6.45, 7) is 9.87. The van der Waals surface area contributed by atoms with Gasteiger partial charge in [-0.05, 0) is 79.1 Å². The van der Waals surface area contributed by atoms with Gasteiger partial charge in [-0.15, -0.1) is 8.42 Å². The Labute approximate surface area is 375 Å². The summed E-state index contributed by atoms with van der Waals surface area (Å²) in [5, 5.41) is 31.1. The molecule has 1 amide bonds. The number of pyridine rings is 2. The smallest absolute Gasteiger partial charge is 0.479 e. The standard InChI is InChI=1S/C47H53N3O14S/c1-6-15-59-24-46(3,4)23-49(5)43(53)26-11-12-36(61-38-20-35(51)41(52)42(62-38)45(55)56)37(17-26)64-65(57,58)63-27-16-25-9-8-10-28-30-21-50-34(40(30)48-33(18-27)39(25)28)19-29-31(44(50)54)22-60-47(13-14-47)32(29)7-2/h8,10-12,16-19,32,35,38,41-42,51-52H,6-7,9,13-15,20-24H2,1-5H3,(H,55,56)/t32-,35?,38-,41+,42+/m1/s1. The largest absolute Gasteiger partial charge is 0.501 e. The lowest BCUT2D eigenvalue weighted by atomic mass is 9.84. The molecule has 1 unspecified atom stereocenters. The number of rotatable bonds is 15. The molecule has 1 spiro atoms. The average Bonchev–Trinajstić information content (AvgIpc) is 3.92. The lowest BCUT2D eigenvalue weighted by Gasteiger charge is -2.35. The van der Waals surface area contributed by atoms with Crippen molar-refractivity contribution >= 4 is 39.3 Å². The number of carboxylic acid groups (broad SMARTS) is 1. The predicted molar refractivity (Wildman–Crippen MR) is 235 cm³/mol. The summed E-state index contributed by atoms with van der Waals surface area (Å²) in [4.78, 5) is 46.2. The maximum absolute atomic E-state index is 14.0. The van der Waals surface area contributed by atoms with E-state index in [-0.39, 0.29) is 53.7 Å². The Balaban J connectivity index is 1.03. The first-order chi connectivity index (χ1) is 30.9. The second-order valence-corrected chi connectivity index (χ2v) is 19.6. The lowest BCUT2D eigenvalue weighted by molar-refractivity contribution is -0.228. The second-order valence-electron chi connectivity index (χ2n) is 18.5. The molecule has 2 aromatic heterocycles. The molecule has 4 aromatic rings. The molecule has 2 fully saturated rings. The Kier molecular flexibility index (Phi) is 11.6. The second kappa shape index (κ2) is 16.8. The van der Waals surface area contributed by atoms with Crippen LogP contribution in [0.1, 0.15) is 104 Å². The topological polar surface area (TPSA) is 222 Å². The van der Waals surface area contributed by atoms with Crippen molar-refractivity contribution in [1.82, 2.24) is 14.5 Å². The van der Waals surface area contributed by atoms with Crippen LogP contribution >= 0.6 is 0 Å². The van der Waals surface area contributed by atoms with Gasteiger partial charge in [0.15, 0.2) is 17.6 Å². The number of allylic oxidation sites excluding steroid dienone is 1. The van der Waals surface area contributed by atoms with E-state index < -0.39 is 58.0 Å². The van der Waals surface area contributed by atoms with Gasteiger partial charge in [0.1, 0.15) is 11.9 Å². The summed E-state index contributed by atoms with van der Waals surface area (Å²) < 4.78 is 64.2. The van der Waals surface area contributed by atoms with Gasteiger partial charge in [-0.2, -0.15) is 0 Å². The van der Waals surface area contributed by atoms with Crippen molar-refractivity contribution < 1.29 is 60.6 Å². The molecule has 1 saturated heterocycles. The van der Waals surface area contributed by atoms with Crippen molar-refractivity contribution in [2.75, 3.05) is 26.8 Å². The van der Waals surface area contributed by atoms with Gasteiger partial charge in [0, 0.05) is 66.1 Å². The zero-order valence-corrected chi connectivity index (χ0v) is 37.7. The Morgan fingerprint density at radius 2 is 1.85 bits per heavy atom. The highest BCUT2D eigenvalue weighted by Crippen LogP contribution is 2.56. The highest BCUT2D eigenvalue weighted by Gasteiger charge is 2.54. The minimum atomic E-state index is -5.02. The number of aromatic nitrogens is 2. The summed E-state index contributed by atoms with van der Waals surface area (Å²) in [6.07, 6.45) is 0.978. The number of carboxylic acids is 1.